The van der Waals surface area contributed by atoms with Crippen molar-refractivity contribution in [3.63, 3.8) is 0 Å². The highest BCUT2D eigenvalue weighted by atomic mass is 19.1. The van der Waals surface area contributed by atoms with Gasteiger partial charge in [-0.05, 0) is 18.2 Å². The summed E-state index contributed by atoms with van der Waals surface area (Å²) in [6.07, 6.45) is 1.30. The number of benzene rings is 1. The first-order valence-corrected chi connectivity index (χ1v) is 4.26. The van der Waals surface area contributed by atoms with E-state index in [2.05, 4.69) is 10.1 Å². The highest BCUT2D eigenvalue weighted by Crippen LogP contribution is 2.14. The van der Waals surface area contributed by atoms with Gasteiger partial charge in [0, 0.05) is 0 Å². The van der Waals surface area contributed by atoms with Crippen molar-refractivity contribution in [3.05, 3.63) is 41.7 Å². The number of aromatic nitrogens is 3. The summed E-state index contributed by atoms with van der Waals surface area (Å²) < 4.78 is 14.1. The van der Waals surface area contributed by atoms with Crippen molar-refractivity contribution in [3.8, 4) is 17.8 Å². The Morgan fingerprint density at radius 2 is 2.06 bits per heavy atom. The molecule has 2 aromatic rings. The Morgan fingerprint density at radius 1 is 1.25 bits per heavy atom. The molecule has 0 fully saturated rings. The number of rotatable bonds is 1. The van der Waals surface area contributed by atoms with Gasteiger partial charge in [-0.1, -0.05) is 0 Å². The van der Waals surface area contributed by atoms with Gasteiger partial charge in [0.25, 0.3) is 5.82 Å². The van der Waals surface area contributed by atoms with E-state index in [0.717, 1.165) is 6.07 Å². The van der Waals surface area contributed by atoms with Crippen molar-refractivity contribution < 1.29 is 4.39 Å². The Hall–Kier alpha value is -2.73. The SMILES string of the molecule is N#Cc1ncn(-c2ccc(F)cc2C#N)n1. The van der Waals surface area contributed by atoms with Crippen LogP contribution in [0.15, 0.2) is 24.5 Å². The van der Waals surface area contributed by atoms with E-state index in [-0.39, 0.29) is 11.4 Å². The van der Waals surface area contributed by atoms with E-state index >= 15 is 0 Å². The largest absolute Gasteiger partial charge is 0.252 e. The summed E-state index contributed by atoms with van der Waals surface area (Å²) in [7, 11) is 0. The molecule has 0 bridgehead atoms. The van der Waals surface area contributed by atoms with E-state index < -0.39 is 5.82 Å². The quantitative estimate of drug-likeness (QED) is 0.711. The summed E-state index contributed by atoms with van der Waals surface area (Å²) in [6.45, 7) is 0. The molecular weight excluding hydrogens is 209 g/mol. The van der Waals surface area contributed by atoms with Crippen LogP contribution in [0.5, 0.6) is 0 Å². The number of halogens is 1. The first kappa shape index (κ1) is 9.81. The predicted molar refractivity (Wildman–Crippen MR) is 50.7 cm³/mol. The van der Waals surface area contributed by atoms with Gasteiger partial charge in [0.1, 0.15) is 24.3 Å². The second-order valence-electron chi connectivity index (χ2n) is 2.90. The molecule has 0 spiro atoms. The van der Waals surface area contributed by atoms with Gasteiger partial charge in [0.2, 0.25) is 0 Å². The van der Waals surface area contributed by atoms with Gasteiger partial charge in [0.15, 0.2) is 0 Å². The molecule has 6 heteroatoms. The fourth-order valence-corrected chi connectivity index (χ4v) is 1.23. The second-order valence-corrected chi connectivity index (χ2v) is 2.90. The Balaban J connectivity index is 2.57. The van der Waals surface area contributed by atoms with Crippen LogP contribution in [0.1, 0.15) is 11.4 Å². The molecule has 0 aliphatic rings. The van der Waals surface area contributed by atoms with Gasteiger partial charge < -0.3 is 0 Å². The van der Waals surface area contributed by atoms with E-state index in [1.54, 1.807) is 6.07 Å². The number of nitrogens with zero attached hydrogens (tertiary/aromatic N) is 5. The van der Waals surface area contributed by atoms with Gasteiger partial charge in [0.05, 0.1) is 11.3 Å². The van der Waals surface area contributed by atoms with Crippen LogP contribution in [0.25, 0.3) is 5.69 Å². The standard InChI is InChI=1S/C10H4FN5/c11-8-1-2-9(7(3-8)4-12)16-6-14-10(5-13)15-16/h1-3,6H. The molecule has 0 unspecified atom stereocenters. The van der Waals surface area contributed by atoms with Gasteiger partial charge in [-0.25, -0.2) is 14.1 Å². The zero-order valence-electron chi connectivity index (χ0n) is 7.92. The van der Waals surface area contributed by atoms with Crippen LogP contribution in [0, 0.1) is 28.5 Å². The molecule has 1 aromatic carbocycles. The molecule has 0 atom stereocenters. The normalized spacial score (nSPS) is 9.44. The summed E-state index contributed by atoms with van der Waals surface area (Å²) in [5.74, 6) is -0.505. The average Bonchev–Trinajstić information content (AvgIpc) is 2.77. The van der Waals surface area contributed by atoms with Crippen LogP contribution in [0.3, 0.4) is 0 Å². The van der Waals surface area contributed by atoms with Gasteiger partial charge in [-0.2, -0.15) is 10.5 Å². The molecule has 0 aliphatic heterocycles. The van der Waals surface area contributed by atoms with Crippen molar-refractivity contribution in [2.45, 2.75) is 0 Å². The van der Waals surface area contributed by atoms with Crippen LogP contribution in [-0.4, -0.2) is 14.8 Å². The number of hydrogen-bond donors (Lipinski definition) is 0. The first-order valence-electron chi connectivity index (χ1n) is 4.26. The molecule has 0 aliphatic carbocycles. The maximum Gasteiger partial charge on any atom is 0.252 e. The molecule has 2 rings (SSSR count). The van der Waals surface area contributed by atoms with E-state index in [1.165, 1.54) is 23.1 Å². The third kappa shape index (κ3) is 1.60. The zero-order chi connectivity index (χ0) is 11.5. The number of hydrogen-bond acceptors (Lipinski definition) is 4. The monoisotopic (exact) mass is 213 g/mol. The molecule has 0 saturated carbocycles. The fourth-order valence-electron chi connectivity index (χ4n) is 1.23. The van der Waals surface area contributed by atoms with Gasteiger partial charge >= 0.3 is 0 Å². The Morgan fingerprint density at radius 3 is 2.69 bits per heavy atom. The van der Waals surface area contributed by atoms with Crippen LogP contribution in [0.4, 0.5) is 4.39 Å². The van der Waals surface area contributed by atoms with Crippen molar-refractivity contribution in [2.75, 3.05) is 0 Å². The topological polar surface area (TPSA) is 78.3 Å². The summed E-state index contributed by atoms with van der Waals surface area (Å²) in [5, 5.41) is 21.2. The lowest BCUT2D eigenvalue weighted by atomic mass is 10.2. The lowest BCUT2D eigenvalue weighted by Crippen LogP contribution is -1.99. The molecule has 0 saturated heterocycles. The van der Waals surface area contributed by atoms with E-state index in [9.17, 15) is 4.39 Å². The molecular formula is C10H4FN5. The third-order valence-electron chi connectivity index (χ3n) is 1.92. The fraction of sp³-hybridized carbons (Fsp3) is 0. The lowest BCUT2D eigenvalue weighted by Gasteiger charge is -2.01. The second kappa shape index (κ2) is 3.79. The van der Waals surface area contributed by atoms with E-state index in [0.29, 0.717) is 5.69 Å². The zero-order valence-corrected chi connectivity index (χ0v) is 7.92. The maximum atomic E-state index is 12.9. The molecule has 76 valence electrons. The average molecular weight is 213 g/mol. The van der Waals surface area contributed by atoms with Crippen molar-refractivity contribution in [1.29, 1.82) is 10.5 Å². The molecule has 16 heavy (non-hydrogen) atoms. The summed E-state index contributed by atoms with van der Waals surface area (Å²) in [5.41, 5.74) is 0.521. The predicted octanol–water partition coefficient (Wildman–Crippen LogP) is 1.15. The minimum Gasteiger partial charge on any atom is -0.218 e. The van der Waals surface area contributed by atoms with E-state index in [1.807, 2.05) is 6.07 Å². The first-order chi connectivity index (χ1) is 7.74. The van der Waals surface area contributed by atoms with Crippen LogP contribution < -0.4 is 0 Å². The lowest BCUT2D eigenvalue weighted by molar-refractivity contribution is 0.626. The smallest absolute Gasteiger partial charge is 0.218 e. The Bertz CT molecular complexity index is 617. The van der Waals surface area contributed by atoms with Crippen LogP contribution in [0.2, 0.25) is 0 Å². The minimum atomic E-state index is -0.499. The maximum absolute atomic E-state index is 12.9. The summed E-state index contributed by atoms with van der Waals surface area (Å²) in [6, 6.07) is 7.34. The highest BCUT2D eigenvalue weighted by molar-refractivity contribution is 5.48. The molecule has 0 amide bonds. The molecule has 1 heterocycles. The molecule has 1 aromatic heterocycles. The van der Waals surface area contributed by atoms with Gasteiger partial charge in [-0.3, -0.25) is 0 Å². The Kier molecular flexibility index (Phi) is 2.33. The third-order valence-corrected chi connectivity index (χ3v) is 1.92. The number of nitriles is 2. The van der Waals surface area contributed by atoms with E-state index in [4.69, 9.17) is 10.5 Å². The summed E-state index contributed by atoms with van der Waals surface area (Å²) >= 11 is 0. The highest BCUT2D eigenvalue weighted by Gasteiger charge is 2.08. The molecule has 0 N–H and O–H groups in total. The molecule has 0 radical (unpaired) electrons. The van der Waals surface area contributed by atoms with Crippen molar-refractivity contribution >= 4 is 0 Å². The van der Waals surface area contributed by atoms with Crippen LogP contribution >= 0.6 is 0 Å². The van der Waals surface area contributed by atoms with Crippen molar-refractivity contribution in [2.24, 2.45) is 0 Å². The van der Waals surface area contributed by atoms with Gasteiger partial charge in [-0.15, -0.1) is 5.10 Å². The molecule has 5 nitrogen and oxygen atoms in total. The Labute approximate surface area is 90.0 Å². The summed E-state index contributed by atoms with van der Waals surface area (Å²) in [4.78, 5) is 3.70. The minimum absolute atomic E-state index is 0.00628. The van der Waals surface area contributed by atoms with Crippen molar-refractivity contribution in [1.82, 2.24) is 14.8 Å². The van der Waals surface area contributed by atoms with Crippen LogP contribution in [-0.2, 0) is 0 Å².